The molecule has 0 spiro atoms. The Bertz CT molecular complexity index is 1470. The van der Waals surface area contributed by atoms with Gasteiger partial charge in [-0.3, -0.25) is 9.59 Å². The molecule has 5 fully saturated rings. The number of carboxylic acid groups (broad SMARTS) is 2. The molecular formula is C40H58O6S. The fourth-order valence-electron chi connectivity index (χ4n) is 13.2. The van der Waals surface area contributed by atoms with Gasteiger partial charge in [-0.05, 0) is 142 Å². The Kier molecular flexibility index (Phi) is 8.26. The first-order valence-corrected chi connectivity index (χ1v) is 19.0. The predicted octanol–water partition coefficient (Wildman–Crippen LogP) is 9.77. The molecule has 1 aromatic rings. The molecule has 0 radical (unpaired) electrons. The van der Waals surface area contributed by atoms with Crippen LogP contribution in [0, 0.1) is 56.7 Å². The van der Waals surface area contributed by atoms with Gasteiger partial charge >= 0.3 is 17.9 Å². The first-order chi connectivity index (χ1) is 21.8. The van der Waals surface area contributed by atoms with Crippen LogP contribution in [0.5, 0.6) is 0 Å². The predicted molar refractivity (Wildman–Crippen MR) is 185 cm³/mol. The number of rotatable bonds is 7. The fourth-order valence-corrected chi connectivity index (χ4v) is 14.4. The molecule has 7 heteroatoms. The van der Waals surface area contributed by atoms with Crippen LogP contribution in [-0.2, 0) is 19.7 Å². The zero-order chi connectivity index (χ0) is 34.5. The molecule has 10 atom stereocenters. The van der Waals surface area contributed by atoms with E-state index in [0.29, 0.717) is 35.2 Å². The standard InChI is InChI=1S/C40H58O6S/c1-23(2)24-12-18-40(32-25(33(42)43)15-21-47-32)20-19-38(8)26(31(24)40)10-11-28-37(7)16-14-29(46-30(41)22-35(3,4)34(44)45)36(5,6)27(37)13-17-39(28,38)9/h15,21,24,26-29,31H,1,10-14,16-20,22H2,2-9H3,(H,42,43)(H,44,45)/t24-,26?,27?,28?,29-,31?,37-,38+,39+,40?/m0/s1. The summed E-state index contributed by atoms with van der Waals surface area (Å²) in [6.07, 6.45) is 10.4. The lowest BCUT2D eigenvalue weighted by Gasteiger charge is -2.73. The summed E-state index contributed by atoms with van der Waals surface area (Å²) in [7, 11) is 0. The van der Waals surface area contributed by atoms with Crippen LogP contribution < -0.4 is 0 Å². The van der Waals surface area contributed by atoms with Gasteiger partial charge in [0.25, 0.3) is 0 Å². The molecule has 2 N–H and O–H groups in total. The molecule has 6 nitrogen and oxygen atoms in total. The van der Waals surface area contributed by atoms with Crippen molar-refractivity contribution in [1.82, 2.24) is 0 Å². The minimum absolute atomic E-state index is 0.0842. The number of thiophene rings is 1. The monoisotopic (exact) mass is 666 g/mol. The minimum Gasteiger partial charge on any atom is -0.481 e. The maximum Gasteiger partial charge on any atom is 0.336 e. The van der Waals surface area contributed by atoms with Crippen molar-refractivity contribution in [1.29, 1.82) is 0 Å². The van der Waals surface area contributed by atoms with E-state index in [1.165, 1.54) is 18.4 Å². The van der Waals surface area contributed by atoms with E-state index in [0.717, 1.165) is 56.2 Å². The van der Waals surface area contributed by atoms with Crippen molar-refractivity contribution in [3.05, 3.63) is 34.0 Å². The summed E-state index contributed by atoms with van der Waals surface area (Å²) >= 11 is 1.67. The third kappa shape index (κ3) is 4.85. The van der Waals surface area contributed by atoms with Crippen LogP contribution in [0.1, 0.15) is 141 Å². The van der Waals surface area contributed by atoms with E-state index >= 15 is 0 Å². The Morgan fingerprint density at radius 1 is 0.915 bits per heavy atom. The zero-order valence-electron chi connectivity index (χ0n) is 30.0. The minimum atomic E-state index is -1.15. The topological polar surface area (TPSA) is 101 Å². The van der Waals surface area contributed by atoms with E-state index in [-0.39, 0.29) is 39.6 Å². The molecule has 5 aliphatic rings. The van der Waals surface area contributed by atoms with Crippen LogP contribution >= 0.6 is 11.3 Å². The number of hydrogen-bond donors (Lipinski definition) is 2. The lowest BCUT2D eigenvalue weighted by molar-refractivity contribution is -0.246. The highest BCUT2D eigenvalue weighted by atomic mass is 32.1. The van der Waals surface area contributed by atoms with Crippen molar-refractivity contribution in [2.24, 2.45) is 56.7 Å². The maximum atomic E-state index is 13.0. The fraction of sp³-hybridized carbons (Fsp3) is 0.775. The Morgan fingerprint density at radius 3 is 2.26 bits per heavy atom. The normalized spacial score (nSPS) is 42.3. The van der Waals surface area contributed by atoms with E-state index in [1.807, 2.05) is 11.4 Å². The summed E-state index contributed by atoms with van der Waals surface area (Å²) in [6.45, 7) is 22.2. The van der Waals surface area contributed by atoms with E-state index in [1.54, 1.807) is 25.2 Å². The Labute approximate surface area is 286 Å². The van der Waals surface area contributed by atoms with Crippen LogP contribution in [-0.4, -0.2) is 34.2 Å². The van der Waals surface area contributed by atoms with Gasteiger partial charge in [-0.15, -0.1) is 11.3 Å². The second-order valence-corrected chi connectivity index (χ2v) is 19.4. The van der Waals surface area contributed by atoms with Crippen LogP contribution in [0.2, 0.25) is 0 Å². The molecule has 1 aromatic heterocycles. The van der Waals surface area contributed by atoms with Crippen molar-refractivity contribution in [3.63, 3.8) is 0 Å². The Morgan fingerprint density at radius 2 is 1.62 bits per heavy atom. The molecule has 0 saturated heterocycles. The van der Waals surface area contributed by atoms with E-state index < -0.39 is 23.3 Å². The summed E-state index contributed by atoms with van der Waals surface area (Å²) < 4.78 is 6.16. The number of fused-ring (bicyclic) bond motifs is 7. The van der Waals surface area contributed by atoms with Crippen LogP contribution in [0.3, 0.4) is 0 Å². The molecule has 5 aliphatic carbocycles. The van der Waals surface area contributed by atoms with Gasteiger partial charge in [-0.1, -0.05) is 46.8 Å². The van der Waals surface area contributed by atoms with Gasteiger partial charge in [0.1, 0.15) is 6.10 Å². The van der Waals surface area contributed by atoms with Crippen molar-refractivity contribution >= 4 is 29.2 Å². The maximum absolute atomic E-state index is 13.0. The second-order valence-electron chi connectivity index (χ2n) is 18.5. The van der Waals surface area contributed by atoms with E-state index in [4.69, 9.17) is 4.74 Å². The number of carbonyl (C=O) groups excluding carboxylic acids is 1. The molecule has 47 heavy (non-hydrogen) atoms. The molecule has 0 bridgehead atoms. The molecule has 6 rings (SSSR count). The van der Waals surface area contributed by atoms with Crippen molar-refractivity contribution < 1.29 is 29.3 Å². The smallest absolute Gasteiger partial charge is 0.336 e. The molecule has 1 heterocycles. The van der Waals surface area contributed by atoms with Gasteiger partial charge < -0.3 is 14.9 Å². The number of carbonyl (C=O) groups is 3. The average molecular weight is 667 g/mol. The highest BCUT2D eigenvalue weighted by Gasteiger charge is 2.71. The van der Waals surface area contributed by atoms with E-state index in [9.17, 15) is 24.6 Å². The van der Waals surface area contributed by atoms with Gasteiger partial charge in [-0.2, -0.15) is 0 Å². The third-order valence-electron chi connectivity index (χ3n) is 15.8. The quantitative estimate of drug-likeness (QED) is 0.222. The molecule has 5 saturated carbocycles. The van der Waals surface area contributed by atoms with Gasteiger partial charge in [0, 0.05) is 15.7 Å². The molecular weight excluding hydrogens is 609 g/mol. The summed E-state index contributed by atoms with van der Waals surface area (Å²) in [5, 5.41) is 21.8. The number of esters is 1. The van der Waals surface area contributed by atoms with Crippen molar-refractivity contribution in [3.8, 4) is 0 Å². The van der Waals surface area contributed by atoms with Gasteiger partial charge in [0.05, 0.1) is 17.4 Å². The highest BCUT2D eigenvalue weighted by Crippen LogP contribution is 2.78. The molecule has 5 unspecified atom stereocenters. The number of carboxylic acids is 2. The largest absolute Gasteiger partial charge is 0.481 e. The number of allylic oxidation sites excluding steroid dienone is 1. The van der Waals surface area contributed by atoms with Crippen molar-refractivity contribution in [2.45, 2.75) is 138 Å². The van der Waals surface area contributed by atoms with Gasteiger partial charge in [0.15, 0.2) is 0 Å². The summed E-state index contributed by atoms with van der Waals surface area (Å²) in [4.78, 5) is 38.3. The third-order valence-corrected chi connectivity index (χ3v) is 16.9. The Balaban J connectivity index is 1.31. The number of ether oxygens (including phenoxy) is 1. The molecule has 0 aliphatic heterocycles. The molecule has 0 aromatic carbocycles. The average Bonchev–Trinajstić information content (AvgIpc) is 3.61. The van der Waals surface area contributed by atoms with Gasteiger partial charge in [0.2, 0.25) is 0 Å². The second kappa shape index (κ2) is 11.2. The lowest BCUT2D eigenvalue weighted by atomic mass is 9.32. The summed E-state index contributed by atoms with van der Waals surface area (Å²) in [6, 6.07) is 1.83. The summed E-state index contributed by atoms with van der Waals surface area (Å²) in [5.41, 5.74) is 0.765. The number of hydrogen-bond acceptors (Lipinski definition) is 5. The van der Waals surface area contributed by atoms with Crippen LogP contribution in [0.25, 0.3) is 0 Å². The van der Waals surface area contributed by atoms with Crippen molar-refractivity contribution in [2.75, 3.05) is 0 Å². The number of aliphatic carboxylic acids is 1. The zero-order valence-corrected chi connectivity index (χ0v) is 30.9. The highest BCUT2D eigenvalue weighted by molar-refractivity contribution is 7.10. The van der Waals surface area contributed by atoms with E-state index in [2.05, 4.69) is 48.1 Å². The van der Waals surface area contributed by atoms with Crippen LogP contribution in [0.4, 0.5) is 0 Å². The molecule has 0 amide bonds. The first-order valence-electron chi connectivity index (χ1n) is 18.2. The van der Waals surface area contributed by atoms with Crippen LogP contribution in [0.15, 0.2) is 23.6 Å². The first kappa shape index (κ1) is 34.7. The summed E-state index contributed by atoms with van der Waals surface area (Å²) in [5.74, 6) is 0.154. The lowest BCUT2D eigenvalue weighted by Crippen LogP contribution is -2.67. The molecule has 260 valence electrons. The SMILES string of the molecule is C=C(C)[C@@H]1CCC2(c3sccc3C(=O)O)CC[C@]3(C)C(CCC4[C@@]5(C)CC[C@H](OC(=O)CC(C)(C)C(=O)O)C(C)(C)C5CC[C@]43C)C12. The number of aromatic carboxylic acids is 1. The van der Waals surface area contributed by atoms with Gasteiger partial charge in [-0.25, -0.2) is 4.79 Å². The Hall–Kier alpha value is -2.15.